The van der Waals surface area contributed by atoms with E-state index in [1.165, 1.54) is 11.3 Å². The third-order valence-corrected chi connectivity index (χ3v) is 3.23. The summed E-state index contributed by atoms with van der Waals surface area (Å²) < 4.78 is 4.81. The molecule has 0 unspecified atom stereocenters. The molecule has 0 saturated carbocycles. The van der Waals surface area contributed by atoms with E-state index < -0.39 is 5.97 Å². The number of aromatic nitrogens is 2. The average Bonchev–Trinajstić information content (AvgIpc) is 2.88. The Morgan fingerprint density at radius 2 is 2.37 bits per heavy atom. The molecule has 0 fully saturated rings. The van der Waals surface area contributed by atoms with Gasteiger partial charge in [0, 0.05) is 29.0 Å². The molecule has 0 radical (unpaired) electrons. The number of nitrogens with zero attached hydrogens (tertiary/aromatic N) is 2. The maximum atomic E-state index is 11.4. The first-order valence-electron chi connectivity index (χ1n) is 5.71. The molecule has 5 nitrogen and oxygen atoms in total. The lowest BCUT2D eigenvalue weighted by Gasteiger charge is -1.99. The predicted molar refractivity (Wildman–Crippen MR) is 74.1 cm³/mol. The lowest BCUT2D eigenvalue weighted by Crippen LogP contribution is -2.14. The van der Waals surface area contributed by atoms with Crippen molar-refractivity contribution in [2.45, 2.75) is 6.92 Å². The fraction of sp³-hybridized carbons (Fsp3) is 0.154. The van der Waals surface area contributed by atoms with Crippen molar-refractivity contribution in [3.63, 3.8) is 0 Å². The molecule has 19 heavy (non-hydrogen) atoms. The zero-order valence-electron chi connectivity index (χ0n) is 10.4. The van der Waals surface area contributed by atoms with E-state index in [0.717, 1.165) is 15.4 Å². The highest BCUT2D eigenvalue weighted by Gasteiger charge is 2.08. The fourth-order valence-corrected chi connectivity index (χ4v) is 2.26. The number of carbonyl (C=O) groups excluding carboxylic acids is 1. The summed E-state index contributed by atoms with van der Waals surface area (Å²) in [5.41, 5.74) is 6.64. The number of esters is 1. The summed E-state index contributed by atoms with van der Waals surface area (Å²) in [6, 6.07) is 3.77. The maximum Gasteiger partial charge on any atom is 0.354 e. The van der Waals surface area contributed by atoms with E-state index in [-0.39, 0.29) is 5.70 Å². The van der Waals surface area contributed by atoms with Gasteiger partial charge in [-0.3, -0.25) is 4.98 Å². The zero-order valence-corrected chi connectivity index (χ0v) is 11.2. The molecule has 98 valence electrons. The second-order valence-electron chi connectivity index (χ2n) is 3.63. The van der Waals surface area contributed by atoms with Crippen LogP contribution in [0.2, 0.25) is 0 Å². The zero-order chi connectivity index (χ0) is 13.7. The molecule has 6 heteroatoms. The molecule has 2 rings (SSSR count). The highest BCUT2D eigenvalue weighted by molar-refractivity contribution is 7.15. The van der Waals surface area contributed by atoms with E-state index in [2.05, 4.69) is 9.97 Å². The first kappa shape index (κ1) is 13.2. The Bertz CT molecular complexity index is 593. The van der Waals surface area contributed by atoms with Crippen molar-refractivity contribution < 1.29 is 9.53 Å². The summed E-state index contributed by atoms with van der Waals surface area (Å²) in [6.45, 7) is 2.04. The Kier molecular flexibility index (Phi) is 4.25. The smallest absolute Gasteiger partial charge is 0.354 e. The Labute approximate surface area is 114 Å². The van der Waals surface area contributed by atoms with Crippen LogP contribution in [0, 0.1) is 0 Å². The standard InChI is InChI=1S/C13H13N3O2S/c1-2-18-13(17)11(14)6-10-8-16-12(19-10)9-4-3-5-15-7-9/h3-8H,2,14H2,1H3/b11-6-. The Morgan fingerprint density at radius 3 is 3.05 bits per heavy atom. The van der Waals surface area contributed by atoms with Crippen LogP contribution >= 0.6 is 11.3 Å². The third kappa shape index (κ3) is 3.38. The van der Waals surface area contributed by atoms with E-state index in [1.54, 1.807) is 31.6 Å². The van der Waals surface area contributed by atoms with Crippen LogP contribution in [0.15, 0.2) is 36.4 Å². The maximum absolute atomic E-state index is 11.4. The monoisotopic (exact) mass is 275 g/mol. The van der Waals surface area contributed by atoms with Crippen LogP contribution in [0.4, 0.5) is 0 Å². The van der Waals surface area contributed by atoms with Crippen LogP contribution in [0.25, 0.3) is 16.6 Å². The summed E-state index contributed by atoms with van der Waals surface area (Å²) in [5, 5.41) is 0.830. The van der Waals surface area contributed by atoms with Crippen molar-refractivity contribution in [2.75, 3.05) is 6.61 Å². The van der Waals surface area contributed by atoms with Gasteiger partial charge < -0.3 is 10.5 Å². The molecule has 2 aromatic heterocycles. The molecule has 0 aromatic carbocycles. The second-order valence-corrected chi connectivity index (χ2v) is 4.69. The molecule has 0 saturated heterocycles. The van der Waals surface area contributed by atoms with Crippen molar-refractivity contribution in [1.82, 2.24) is 9.97 Å². The second kappa shape index (κ2) is 6.10. The molecule has 0 amide bonds. The minimum atomic E-state index is -0.515. The number of carbonyl (C=O) groups is 1. The molecule has 0 atom stereocenters. The predicted octanol–water partition coefficient (Wildman–Crippen LogP) is 2.07. The van der Waals surface area contributed by atoms with Gasteiger partial charge in [0.1, 0.15) is 10.7 Å². The Hall–Kier alpha value is -2.21. The average molecular weight is 275 g/mol. The van der Waals surface area contributed by atoms with Crippen molar-refractivity contribution in [2.24, 2.45) is 5.73 Å². The molecule has 0 spiro atoms. The number of ether oxygens (including phenoxy) is 1. The van der Waals surface area contributed by atoms with Gasteiger partial charge >= 0.3 is 5.97 Å². The number of nitrogens with two attached hydrogens (primary N) is 1. The lowest BCUT2D eigenvalue weighted by atomic mass is 10.3. The van der Waals surface area contributed by atoms with Gasteiger partial charge in [-0.25, -0.2) is 9.78 Å². The van der Waals surface area contributed by atoms with Crippen molar-refractivity contribution in [1.29, 1.82) is 0 Å². The van der Waals surface area contributed by atoms with Crippen LogP contribution in [0.1, 0.15) is 11.8 Å². The topological polar surface area (TPSA) is 78.1 Å². The summed E-state index contributed by atoms with van der Waals surface area (Å²) in [4.78, 5) is 20.5. The number of hydrogen-bond acceptors (Lipinski definition) is 6. The van der Waals surface area contributed by atoms with Gasteiger partial charge in [-0.15, -0.1) is 11.3 Å². The minimum Gasteiger partial charge on any atom is -0.461 e. The Balaban J connectivity index is 2.18. The molecule has 2 aromatic rings. The molecule has 0 aliphatic heterocycles. The van der Waals surface area contributed by atoms with Crippen molar-refractivity contribution >= 4 is 23.4 Å². The highest BCUT2D eigenvalue weighted by Crippen LogP contribution is 2.25. The van der Waals surface area contributed by atoms with E-state index >= 15 is 0 Å². The number of pyridine rings is 1. The Morgan fingerprint density at radius 1 is 1.53 bits per heavy atom. The number of rotatable bonds is 4. The summed E-state index contributed by atoms with van der Waals surface area (Å²) in [5.74, 6) is -0.515. The van der Waals surface area contributed by atoms with Gasteiger partial charge in [-0.1, -0.05) is 0 Å². The van der Waals surface area contributed by atoms with E-state index in [1.807, 2.05) is 12.1 Å². The van der Waals surface area contributed by atoms with Gasteiger partial charge in [0.15, 0.2) is 0 Å². The minimum absolute atomic E-state index is 0.0724. The van der Waals surface area contributed by atoms with Gasteiger partial charge in [0.2, 0.25) is 0 Å². The van der Waals surface area contributed by atoms with Gasteiger partial charge in [-0.05, 0) is 25.1 Å². The normalized spacial score (nSPS) is 11.3. The van der Waals surface area contributed by atoms with Crippen LogP contribution in [0.5, 0.6) is 0 Å². The van der Waals surface area contributed by atoms with Crippen molar-refractivity contribution in [3.05, 3.63) is 41.3 Å². The molecule has 2 heterocycles. The summed E-state index contributed by atoms with van der Waals surface area (Å²) in [7, 11) is 0. The molecule has 2 N–H and O–H groups in total. The first-order valence-corrected chi connectivity index (χ1v) is 6.53. The fourth-order valence-electron chi connectivity index (χ4n) is 1.40. The highest BCUT2D eigenvalue weighted by atomic mass is 32.1. The first-order chi connectivity index (χ1) is 9.20. The van der Waals surface area contributed by atoms with E-state index in [0.29, 0.717) is 6.61 Å². The van der Waals surface area contributed by atoms with Crippen LogP contribution in [0.3, 0.4) is 0 Å². The molecular weight excluding hydrogens is 262 g/mol. The van der Waals surface area contributed by atoms with Gasteiger partial charge in [0.05, 0.1) is 6.61 Å². The summed E-state index contributed by atoms with van der Waals surface area (Å²) in [6.07, 6.45) is 6.67. The molecule has 0 aliphatic rings. The van der Waals surface area contributed by atoms with Gasteiger partial charge in [0.25, 0.3) is 0 Å². The largest absolute Gasteiger partial charge is 0.461 e. The van der Waals surface area contributed by atoms with E-state index in [4.69, 9.17) is 10.5 Å². The van der Waals surface area contributed by atoms with Crippen LogP contribution in [-0.2, 0) is 9.53 Å². The molecular formula is C13H13N3O2S. The number of hydrogen-bond donors (Lipinski definition) is 1. The summed E-state index contributed by atoms with van der Waals surface area (Å²) >= 11 is 1.43. The van der Waals surface area contributed by atoms with Crippen molar-refractivity contribution in [3.8, 4) is 10.6 Å². The van der Waals surface area contributed by atoms with Crippen LogP contribution in [-0.4, -0.2) is 22.5 Å². The SMILES string of the molecule is CCOC(=O)/C(N)=C/c1cnc(-c2cccnc2)s1. The lowest BCUT2D eigenvalue weighted by molar-refractivity contribution is -0.138. The molecule has 0 bridgehead atoms. The quantitative estimate of drug-likeness (QED) is 0.682. The van der Waals surface area contributed by atoms with Gasteiger partial charge in [-0.2, -0.15) is 0 Å². The third-order valence-electron chi connectivity index (χ3n) is 2.24. The van der Waals surface area contributed by atoms with E-state index in [9.17, 15) is 4.79 Å². The van der Waals surface area contributed by atoms with Crippen LogP contribution < -0.4 is 5.73 Å². The number of thiazole rings is 1. The molecule has 0 aliphatic carbocycles.